The molecule has 0 saturated heterocycles. The van der Waals surface area contributed by atoms with Crippen molar-refractivity contribution in [2.75, 3.05) is 13.6 Å². The van der Waals surface area contributed by atoms with E-state index < -0.39 is 5.97 Å². The number of carboxylic acids is 1. The van der Waals surface area contributed by atoms with E-state index in [9.17, 15) is 9.59 Å². The number of halogens is 1. The molecule has 0 heterocycles. The summed E-state index contributed by atoms with van der Waals surface area (Å²) >= 11 is 3.43. The number of amides is 2. The largest absolute Gasteiger partial charge is 0.481 e. The summed E-state index contributed by atoms with van der Waals surface area (Å²) < 4.78 is 1.01. The Hall–Kier alpha value is -1.56. The summed E-state index contributed by atoms with van der Waals surface area (Å²) in [6.45, 7) is 4.61. The van der Waals surface area contributed by atoms with Crippen LogP contribution in [-0.2, 0) is 11.3 Å². The summed E-state index contributed by atoms with van der Waals surface area (Å²) in [4.78, 5) is 23.7. The predicted octanol–water partition coefficient (Wildman–Crippen LogP) is 2.68. The highest BCUT2D eigenvalue weighted by molar-refractivity contribution is 9.10. The molecule has 0 saturated carbocycles. The molecule has 2 amide bonds. The van der Waals surface area contributed by atoms with Gasteiger partial charge in [0.25, 0.3) is 0 Å². The monoisotopic (exact) mass is 342 g/mol. The zero-order valence-corrected chi connectivity index (χ0v) is 13.5. The van der Waals surface area contributed by atoms with Gasteiger partial charge in [0.05, 0.1) is 6.42 Å². The highest BCUT2D eigenvalue weighted by Gasteiger charge is 2.11. The molecule has 1 aromatic carbocycles. The molecular formula is C14H19BrN2O3. The molecule has 0 fully saturated rings. The van der Waals surface area contributed by atoms with Crippen LogP contribution in [0, 0.1) is 13.8 Å². The Kier molecular flexibility index (Phi) is 6.01. The molecule has 0 aliphatic carbocycles. The second kappa shape index (κ2) is 7.28. The standard InChI is InChI=1S/C14H19BrN2O3/c1-9-6-11(15)7-10(2)12(9)8-16-14(20)17(3)5-4-13(18)19/h6-7H,4-5,8H2,1-3H3,(H,16,20)(H,18,19). The van der Waals surface area contributed by atoms with Gasteiger partial charge >= 0.3 is 12.0 Å². The van der Waals surface area contributed by atoms with Crippen molar-refractivity contribution in [2.24, 2.45) is 0 Å². The smallest absolute Gasteiger partial charge is 0.317 e. The maximum atomic E-state index is 11.8. The molecule has 1 rings (SSSR count). The zero-order valence-electron chi connectivity index (χ0n) is 11.9. The molecule has 0 aliphatic rings. The lowest BCUT2D eigenvalue weighted by molar-refractivity contribution is -0.137. The van der Waals surface area contributed by atoms with Crippen molar-refractivity contribution in [3.05, 3.63) is 33.3 Å². The summed E-state index contributed by atoms with van der Waals surface area (Å²) in [6, 6.07) is 3.73. The Morgan fingerprint density at radius 3 is 2.35 bits per heavy atom. The van der Waals surface area contributed by atoms with Crippen molar-refractivity contribution in [3.63, 3.8) is 0 Å². The van der Waals surface area contributed by atoms with Crippen LogP contribution in [0.25, 0.3) is 0 Å². The first-order valence-electron chi connectivity index (χ1n) is 6.27. The Bertz CT molecular complexity index is 494. The molecule has 0 atom stereocenters. The number of aryl methyl sites for hydroxylation is 2. The summed E-state index contributed by atoms with van der Waals surface area (Å²) in [5.41, 5.74) is 3.28. The summed E-state index contributed by atoms with van der Waals surface area (Å²) in [5, 5.41) is 11.4. The van der Waals surface area contributed by atoms with Gasteiger partial charge in [0.15, 0.2) is 0 Å². The van der Waals surface area contributed by atoms with Crippen LogP contribution in [0.1, 0.15) is 23.1 Å². The molecule has 0 aromatic heterocycles. The first-order valence-corrected chi connectivity index (χ1v) is 7.07. The van der Waals surface area contributed by atoms with E-state index >= 15 is 0 Å². The van der Waals surface area contributed by atoms with E-state index in [0.717, 1.165) is 21.2 Å². The summed E-state index contributed by atoms with van der Waals surface area (Å²) in [6.07, 6.45) is -0.0553. The molecule has 20 heavy (non-hydrogen) atoms. The third-order valence-electron chi connectivity index (χ3n) is 3.08. The van der Waals surface area contributed by atoms with Gasteiger partial charge in [-0.25, -0.2) is 4.79 Å². The highest BCUT2D eigenvalue weighted by atomic mass is 79.9. The number of carbonyl (C=O) groups excluding carboxylic acids is 1. The maximum absolute atomic E-state index is 11.8. The fourth-order valence-electron chi connectivity index (χ4n) is 1.88. The van der Waals surface area contributed by atoms with Gasteiger partial charge in [-0.1, -0.05) is 15.9 Å². The molecule has 6 heteroatoms. The number of nitrogens with zero attached hydrogens (tertiary/aromatic N) is 1. The average Bonchev–Trinajstić information content (AvgIpc) is 2.34. The van der Waals surface area contributed by atoms with Gasteiger partial charge in [-0.3, -0.25) is 4.79 Å². The van der Waals surface area contributed by atoms with Gasteiger partial charge in [0.1, 0.15) is 0 Å². The topological polar surface area (TPSA) is 69.6 Å². The number of carboxylic acid groups (broad SMARTS) is 1. The number of hydrogen-bond acceptors (Lipinski definition) is 2. The second-order valence-corrected chi connectivity index (χ2v) is 5.66. The highest BCUT2D eigenvalue weighted by Crippen LogP contribution is 2.20. The van der Waals surface area contributed by atoms with Crippen LogP contribution in [0.15, 0.2) is 16.6 Å². The second-order valence-electron chi connectivity index (χ2n) is 4.74. The van der Waals surface area contributed by atoms with Crippen LogP contribution in [0.5, 0.6) is 0 Å². The molecule has 0 bridgehead atoms. The molecule has 2 N–H and O–H groups in total. The van der Waals surface area contributed by atoms with Gasteiger partial charge in [0.2, 0.25) is 0 Å². The average molecular weight is 343 g/mol. The molecule has 1 aromatic rings. The minimum Gasteiger partial charge on any atom is -0.481 e. The van der Waals surface area contributed by atoms with Crippen molar-refractivity contribution in [1.82, 2.24) is 10.2 Å². The number of carbonyl (C=O) groups is 2. The van der Waals surface area contributed by atoms with Crippen molar-refractivity contribution in [2.45, 2.75) is 26.8 Å². The SMILES string of the molecule is Cc1cc(Br)cc(C)c1CNC(=O)N(C)CCC(=O)O. The van der Waals surface area contributed by atoms with E-state index in [1.165, 1.54) is 4.90 Å². The van der Waals surface area contributed by atoms with E-state index in [1.807, 2.05) is 26.0 Å². The maximum Gasteiger partial charge on any atom is 0.317 e. The quantitative estimate of drug-likeness (QED) is 0.864. The minimum atomic E-state index is -0.913. The Labute approximate surface area is 127 Å². The zero-order chi connectivity index (χ0) is 15.3. The molecule has 110 valence electrons. The van der Waals surface area contributed by atoms with Crippen LogP contribution in [0.2, 0.25) is 0 Å². The fraction of sp³-hybridized carbons (Fsp3) is 0.429. The van der Waals surface area contributed by atoms with Gasteiger partial charge < -0.3 is 15.3 Å². The van der Waals surface area contributed by atoms with Crippen LogP contribution < -0.4 is 5.32 Å². The van der Waals surface area contributed by atoms with E-state index in [0.29, 0.717) is 6.54 Å². The number of nitrogens with one attached hydrogen (secondary N) is 1. The third-order valence-corrected chi connectivity index (χ3v) is 3.54. The number of hydrogen-bond donors (Lipinski definition) is 2. The van der Waals surface area contributed by atoms with Crippen LogP contribution >= 0.6 is 15.9 Å². The molecular weight excluding hydrogens is 324 g/mol. The summed E-state index contributed by atoms with van der Waals surface area (Å²) in [5.74, 6) is -0.913. The first kappa shape index (κ1) is 16.5. The van der Waals surface area contributed by atoms with Crippen molar-refractivity contribution >= 4 is 27.9 Å². The summed E-state index contributed by atoms with van der Waals surface area (Å²) in [7, 11) is 1.58. The normalized spacial score (nSPS) is 10.2. The van der Waals surface area contributed by atoms with Crippen LogP contribution in [0.3, 0.4) is 0 Å². The lowest BCUT2D eigenvalue weighted by Crippen LogP contribution is -2.38. The lowest BCUT2D eigenvalue weighted by atomic mass is 10.0. The van der Waals surface area contributed by atoms with Crippen LogP contribution in [-0.4, -0.2) is 35.6 Å². The Morgan fingerprint density at radius 2 is 1.85 bits per heavy atom. The number of aliphatic carboxylic acids is 1. The number of benzene rings is 1. The van der Waals surface area contributed by atoms with E-state index in [2.05, 4.69) is 21.2 Å². The number of urea groups is 1. The van der Waals surface area contributed by atoms with Gasteiger partial charge in [-0.05, 0) is 42.7 Å². The molecule has 0 unspecified atom stereocenters. The third kappa shape index (κ3) is 4.85. The Balaban J connectivity index is 2.59. The van der Waals surface area contributed by atoms with Crippen molar-refractivity contribution in [3.8, 4) is 0 Å². The predicted molar refractivity (Wildman–Crippen MR) is 80.7 cm³/mol. The van der Waals surface area contributed by atoms with Gasteiger partial charge in [0, 0.05) is 24.6 Å². The van der Waals surface area contributed by atoms with E-state index in [1.54, 1.807) is 7.05 Å². The molecule has 0 spiro atoms. The van der Waals surface area contributed by atoms with Crippen LogP contribution in [0.4, 0.5) is 4.79 Å². The minimum absolute atomic E-state index is 0.0553. The molecule has 5 nitrogen and oxygen atoms in total. The molecule has 0 radical (unpaired) electrons. The molecule has 0 aliphatic heterocycles. The van der Waals surface area contributed by atoms with Crippen molar-refractivity contribution in [1.29, 1.82) is 0 Å². The van der Waals surface area contributed by atoms with E-state index in [-0.39, 0.29) is 19.0 Å². The first-order chi connectivity index (χ1) is 9.31. The lowest BCUT2D eigenvalue weighted by Gasteiger charge is -2.18. The fourth-order valence-corrected chi connectivity index (χ4v) is 2.57. The van der Waals surface area contributed by atoms with Gasteiger partial charge in [-0.15, -0.1) is 0 Å². The Morgan fingerprint density at radius 1 is 1.30 bits per heavy atom. The van der Waals surface area contributed by atoms with Gasteiger partial charge in [-0.2, -0.15) is 0 Å². The van der Waals surface area contributed by atoms with E-state index in [4.69, 9.17) is 5.11 Å². The number of rotatable bonds is 5. The van der Waals surface area contributed by atoms with Crippen molar-refractivity contribution < 1.29 is 14.7 Å².